The van der Waals surface area contributed by atoms with Crippen molar-refractivity contribution in [1.82, 2.24) is 19.4 Å². The molecule has 0 unspecified atom stereocenters. The fourth-order valence-corrected chi connectivity index (χ4v) is 5.51. The van der Waals surface area contributed by atoms with Crippen molar-refractivity contribution in [2.45, 2.75) is 37.8 Å². The van der Waals surface area contributed by atoms with Crippen LogP contribution in [0.2, 0.25) is 0 Å². The lowest BCUT2D eigenvalue weighted by atomic mass is 9.84. The third-order valence-electron chi connectivity index (χ3n) is 6.84. The van der Waals surface area contributed by atoms with Crippen LogP contribution in [0.15, 0.2) is 53.6 Å². The van der Waals surface area contributed by atoms with Crippen molar-refractivity contribution in [3.05, 3.63) is 76.0 Å². The van der Waals surface area contributed by atoms with Crippen molar-refractivity contribution in [3.8, 4) is 11.4 Å². The highest BCUT2D eigenvalue weighted by molar-refractivity contribution is 5.85. The number of nitrogens with zero attached hydrogens (tertiary/aromatic N) is 3. The number of rotatable bonds is 2. The summed E-state index contributed by atoms with van der Waals surface area (Å²) in [6.45, 7) is 2.81. The van der Waals surface area contributed by atoms with Gasteiger partial charge in [-0.25, -0.2) is 4.98 Å². The first-order valence-corrected chi connectivity index (χ1v) is 10.3. The first-order chi connectivity index (χ1) is 13.8. The molecule has 158 valence electrons. The van der Waals surface area contributed by atoms with Crippen molar-refractivity contribution in [1.29, 1.82) is 0 Å². The Kier molecular flexibility index (Phi) is 5.80. The summed E-state index contributed by atoms with van der Waals surface area (Å²) in [6.07, 6.45) is 7.07. The molecule has 2 atom stereocenters. The summed E-state index contributed by atoms with van der Waals surface area (Å²) in [7, 11) is 0. The van der Waals surface area contributed by atoms with Gasteiger partial charge >= 0.3 is 0 Å². The minimum absolute atomic E-state index is 0. The molecular formula is C23H26Cl2N4O. The Bertz CT molecular complexity index is 1100. The Morgan fingerprint density at radius 2 is 1.77 bits per heavy atom. The SMILES string of the molecule is Cl.Cl.O=c1c(-c2nccn2C2Cc3ccccc3C2)ccc2n1C[C@@H]1CNC[C@H]2C1. The van der Waals surface area contributed by atoms with Gasteiger partial charge < -0.3 is 14.5 Å². The zero-order valence-electron chi connectivity index (χ0n) is 16.7. The molecule has 6 rings (SSSR count). The predicted molar refractivity (Wildman–Crippen MR) is 123 cm³/mol. The summed E-state index contributed by atoms with van der Waals surface area (Å²) in [6, 6.07) is 13.1. The number of benzene rings is 1. The summed E-state index contributed by atoms with van der Waals surface area (Å²) >= 11 is 0. The second-order valence-corrected chi connectivity index (χ2v) is 8.53. The van der Waals surface area contributed by atoms with E-state index in [1.165, 1.54) is 23.2 Å². The number of hydrogen-bond acceptors (Lipinski definition) is 3. The van der Waals surface area contributed by atoms with Crippen LogP contribution in [-0.2, 0) is 19.4 Å². The van der Waals surface area contributed by atoms with E-state index >= 15 is 0 Å². The molecule has 1 aliphatic carbocycles. The highest BCUT2D eigenvalue weighted by Crippen LogP contribution is 2.34. The molecule has 3 aromatic rings. The zero-order valence-corrected chi connectivity index (χ0v) is 18.3. The molecule has 30 heavy (non-hydrogen) atoms. The van der Waals surface area contributed by atoms with Crippen LogP contribution in [0.5, 0.6) is 0 Å². The normalized spacial score (nSPS) is 21.9. The molecule has 2 bridgehead atoms. The number of aromatic nitrogens is 3. The van der Waals surface area contributed by atoms with E-state index in [1.54, 1.807) is 0 Å². The van der Waals surface area contributed by atoms with Crippen LogP contribution in [0.25, 0.3) is 11.4 Å². The van der Waals surface area contributed by atoms with Gasteiger partial charge in [0.15, 0.2) is 0 Å². The maximum absolute atomic E-state index is 13.4. The molecule has 0 amide bonds. The van der Waals surface area contributed by atoms with Gasteiger partial charge in [0.25, 0.3) is 5.56 Å². The molecule has 0 spiro atoms. The number of pyridine rings is 1. The van der Waals surface area contributed by atoms with Gasteiger partial charge in [0.2, 0.25) is 0 Å². The van der Waals surface area contributed by atoms with Gasteiger partial charge in [-0.1, -0.05) is 24.3 Å². The molecule has 2 aromatic heterocycles. The van der Waals surface area contributed by atoms with Crippen LogP contribution in [-0.4, -0.2) is 27.2 Å². The topological polar surface area (TPSA) is 51.9 Å². The number of fused-ring (bicyclic) bond motifs is 5. The Morgan fingerprint density at radius 1 is 1.00 bits per heavy atom. The summed E-state index contributed by atoms with van der Waals surface area (Å²) in [5.74, 6) is 1.83. The van der Waals surface area contributed by atoms with Crippen LogP contribution in [0.3, 0.4) is 0 Å². The van der Waals surface area contributed by atoms with E-state index in [1.807, 2.05) is 23.0 Å². The van der Waals surface area contributed by atoms with Crippen LogP contribution in [0.4, 0.5) is 0 Å². The molecule has 0 radical (unpaired) electrons. The van der Waals surface area contributed by atoms with E-state index in [9.17, 15) is 4.79 Å². The molecule has 7 heteroatoms. The first-order valence-electron chi connectivity index (χ1n) is 10.3. The monoisotopic (exact) mass is 444 g/mol. The molecular weight excluding hydrogens is 419 g/mol. The van der Waals surface area contributed by atoms with Crippen molar-refractivity contribution in [3.63, 3.8) is 0 Å². The summed E-state index contributed by atoms with van der Waals surface area (Å²) < 4.78 is 4.24. The van der Waals surface area contributed by atoms with Crippen molar-refractivity contribution < 1.29 is 0 Å². The second-order valence-electron chi connectivity index (χ2n) is 8.53. The van der Waals surface area contributed by atoms with Gasteiger partial charge in [0, 0.05) is 43.1 Å². The molecule has 0 saturated carbocycles. The number of piperidine rings is 1. The number of halogens is 2. The molecule has 5 nitrogen and oxygen atoms in total. The van der Waals surface area contributed by atoms with Crippen molar-refractivity contribution >= 4 is 24.8 Å². The van der Waals surface area contributed by atoms with Gasteiger partial charge in [-0.3, -0.25) is 4.79 Å². The van der Waals surface area contributed by atoms with Crippen molar-refractivity contribution in [2.75, 3.05) is 13.1 Å². The van der Waals surface area contributed by atoms with Gasteiger partial charge in [-0.05, 0) is 55.0 Å². The Labute approximate surface area is 188 Å². The van der Waals surface area contributed by atoms with E-state index in [-0.39, 0.29) is 30.4 Å². The van der Waals surface area contributed by atoms with Gasteiger partial charge in [0.05, 0.1) is 5.56 Å². The summed E-state index contributed by atoms with van der Waals surface area (Å²) in [5.41, 5.74) is 4.86. The highest BCUT2D eigenvalue weighted by atomic mass is 35.5. The Morgan fingerprint density at radius 3 is 2.53 bits per heavy atom. The van der Waals surface area contributed by atoms with Crippen LogP contribution in [0.1, 0.15) is 35.2 Å². The minimum Gasteiger partial charge on any atom is -0.327 e. The van der Waals surface area contributed by atoms with Crippen LogP contribution >= 0.6 is 24.8 Å². The predicted octanol–water partition coefficient (Wildman–Crippen LogP) is 3.60. The van der Waals surface area contributed by atoms with E-state index in [2.05, 4.69) is 45.2 Å². The summed E-state index contributed by atoms with van der Waals surface area (Å²) in [5, 5.41) is 3.51. The number of nitrogens with one attached hydrogen (secondary N) is 1. The molecule has 1 N–H and O–H groups in total. The molecule has 4 heterocycles. The molecule has 1 saturated heterocycles. The number of hydrogen-bond donors (Lipinski definition) is 1. The Balaban J connectivity index is 0.00000109. The van der Waals surface area contributed by atoms with E-state index in [4.69, 9.17) is 0 Å². The first kappa shape index (κ1) is 21.2. The molecule has 2 aliphatic heterocycles. The minimum atomic E-state index is 0. The maximum Gasteiger partial charge on any atom is 0.261 e. The lowest BCUT2D eigenvalue weighted by Crippen LogP contribution is -2.45. The quantitative estimate of drug-likeness (QED) is 0.656. The van der Waals surface area contributed by atoms with Crippen LogP contribution < -0.4 is 10.9 Å². The van der Waals surface area contributed by atoms with E-state index in [0.29, 0.717) is 17.9 Å². The third-order valence-corrected chi connectivity index (χ3v) is 6.84. The van der Waals surface area contributed by atoms with E-state index in [0.717, 1.165) is 43.9 Å². The molecule has 1 fully saturated rings. The van der Waals surface area contributed by atoms with Crippen LogP contribution in [0, 0.1) is 5.92 Å². The Hall–Kier alpha value is -2.08. The average molecular weight is 445 g/mol. The fourth-order valence-electron chi connectivity index (χ4n) is 5.51. The third kappa shape index (κ3) is 3.29. The number of imidazole rings is 1. The zero-order chi connectivity index (χ0) is 18.7. The standard InChI is InChI=1S/C23H24N4O.2ClH/c28-23-20(5-6-21-18-9-15(12-24-13-18)14-27(21)23)22-25-7-8-26(22)19-10-16-3-1-2-4-17(16)11-19;;/h1-8,15,18-19,24H,9-14H2;2*1H/t15-,18+;;/m0../s1. The highest BCUT2D eigenvalue weighted by Gasteiger charge is 2.32. The fraction of sp³-hybridized carbons (Fsp3) is 0.391. The average Bonchev–Trinajstić information content (AvgIpc) is 3.35. The maximum atomic E-state index is 13.4. The lowest BCUT2D eigenvalue weighted by Gasteiger charge is -2.37. The van der Waals surface area contributed by atoms with Gasteiger partial charge in [0.1, 0.15) is 5.82 Å². The lowest BCUT2D eigenvalue weighted by molar-refractivity contribution is 0.257. The second kappa shape index (κ2) is 8.22. The van der Waals surface area contributed by atoms with E-state index < -0.39 is 0 Å². The summed E-state index contributed by atoms with van der Waals surface area (Å²) in [4.78, 5) is 18.0. The molecule has 3 aliphatic rings. The smallest absolute Gasteiger partial charge is 0.261 e. The van der Waals surface area contributed by atoms with Gasteiger partial charge in [-0.15, -0.1) is 24.8 Å². The largest absolute Gasteiger partial charge is 0.327 e. The molecule has 1 aromatic carbocycles. The van der Waals surface area contributed by atoms with Crippen molar-refractivity contribution in [2.24, 2.45) is 5.92 Å². The van der Waals surface area contributed by atoms with Gasteiger partial charge in [-0.2, -0.15) is 0 Å².